The average Bonchev–Trinajstić information content (AvgIpc) is 3.27. The summed E-state index contributed by atoms with van der Waals surface area (Å²) in [4.78, 5) is 12.0. The van der Waals surface area contributed by atoms with Crippen LogP contribution >= 0.6 is 0 Å². The zero-order valence-electron chi connectivity index (χ0n) is 12.7. The number of nitrogens with one attached hydrogen (secondary N) is 1. The van der Waals surface area contributed by atoms with Gasteiger partial charge in [-0.2, -0.15) is 0 Å². The minimum atomic E-state index is 0.0120. The monoisotopic (exact) mass is 314 g/mol. The van der Waals surface area contributed by atoms with Crippen molar-refractivity contribution < 1.29 is 14.3 Å². The molecule has 2 aromatic rings. The summed E-state index contributed by atoms with van der Waals surface area (Å²) in [6, 6.07) is 5.78. The zero-order chi connectivity index (χ0) is 15.6. The van der Waals surface area contributed by atoms with Gasteiger partial charge in [0.15, 0.2) is 17.3 Å². The lowest BCUT2D eigenvalue weighted by atomic mass is 10.1. The molecule has 0 saturated carbocycles. The molecule has 0 bridgehead atoms. The van der Waals surface area contributed by atoms with Crippen LogP contribution in [0.4, 0.5) is 0 Å². The maximum absolute atomic E-state index is 12.0. The molecule has 1 aromatic heterocycles. The summed E-state index contributed by atoms with van der Waals surface area (Å²) >= 11 is 0. The number of benzene rings is 1. The molecule has 0 fully saturated rings. The maximum atomic E-state index is 12.0. The van der Waals surface area contributed by atoms with Crippen LogP contribution in [0.25, 0.3) is 0 Å². The number of fused-ring (bicyclic) bond motifs is 2. The van der Waals surface area contributed by atoms with Crippen molar-refractivity contribution in [3.8, 4) is 11.5 Å². The topological polar surface area (TPSA) is 78.3 Å². The average molecular weight is 314 g/mol. The van der Waals surface area contributed by atoms with Crippen LogP contribution in [-0.4, -0.2) is 27.5 Å². The van der Waals surface area contributed by atoms with Crippen molar-refractivity contribution in [1.82, 2.24) is 20.1 Å². The van der Waals surface area contributed by atoms with Crippen LogP contribution in [0.3, 0.4) is 0 Å². The Morgan fingerprint density at radius 2 is 2.17 bits per heavy atom. The number of nitrogens with zero attached hydrogens (tertiary/aromatic N) is 3. The zero-order valence-corrected chi connectivity index (χ0v) is 12.7. The molecule has 0 unspecified atom stereocenters. The first kappa shape index (κ1) is 14.0. The van der Waals surface area contributed by atoms with Gasteiger partial charge in [0.25, 0.3) is 0 Å². The van der Waals surface area contributed by atoms with Gasteiger partial charge in [-0.05, 0) is 30.5 Å². The van der Waals surface area contributed by atoms with Crippen LogP contribution in [0, 0.1) is 0 Å². The molecule has 0 saturated heterocycles. The van der Waals surface area contributed by atoms with E-state index in [0.29, 0.717) is 19.4 Å². The standard InChI is InChI=1S/C16H18N4O3/c21-16(17-9-15-19-18-14-2-1-7-20(14)15)6-4-11-3-5-12-13(8-11)23-10-22-12/h3,5,8H,1-2,4,6-7,9-10H2,(H,17,21). The number of hydrogen-bond donors (Lipinski definition) is 1. The first-order valence-electron chi connectivity index (χ1n) is 7.86. The molecule has 1 amide bonds. The fourth-order valence-corrected chi connectivity index (χ4v) is 2.96. The number of amides is 1. The molecule has 7 nitrogen and oxygen atoms in total. The molecule has 0 aliphatic carbocycles. The Bertz CT molecular complexity index is 741. The smallest absolute Gasteiger partial charge is 0.231 e. The lowest BCUT2D eigenvalue weighted by Crippen LogP contribution is -2.24. The van der Waals surface area contributed by atoms with Gasteiger partial charge in [-0.3, -0.25) is 4.79 Å². The third kappa shape index (κ3) is 2.86. The van der Waals surface area contributed by atoms with E-state index in [0.717, 1.165) is 48.1 Å². The van der Waals surface area contributed by atoms with E-state index in [1.165, 1.54) is 0 Å². The van der Waals surface area contributed by atoms with Gasteiger partial charge in [0, 0.05) is 19.4 Å². The Kier molecular flexibility index (Phi) is 3.61. The molecule has 1 N–H and O–H groups in total. The SMILES string of the molecule is O=C(CCc1ccc2c(c1)OCO2)NCc1nnc2n1CCC2. The predicted octanol–water partition coefficient (Wildman–Crippen LogP) is 1.20. The minimum Gasteiger partial charge on any atom is -0.454 e. The van der Waals surface area contributed by atoms with Gasteiger partial charge in [0.2, 0.25) is 12.7 Å². The van der Waals surface area contributed by atoms with Gasteiger partial charge < -0.3 is 19.4 Å². The first-order chi connectivity index (χ1) is 11.3. The normalized spacial score (nSPS) is 14.8. The molecule has 2 aliphatic rings. The van der Waals surface area contributed by atoms with Gasteiger partial charge in [-0.15, -0.1) is 10.2 Å². The van der Waals surface area contributed by atoms with Gasteiger partial charge in [-0.1, -0.05) is 6.07 Å². The van der Waals surface area contributed by atoms with Gasteiger partial charge >= 0.3 is 0 Å². The summed E-state index contributed by atoms with van der Waals surface area (Å²) in [5.74, 6) is 3.39. The highest BCUT2D eigenvalue weighted by Crippen LogP contribution is 2.32. The maximum Gasteiger partial charge on any atom is 0.231 e. The second-order valence-electron chi connectivity index (χ2n) is 5.75. The van der Waals surface area contributed by atoms with Crippen molar-refractivity contribution in [2.45, 2.75) is 38.8 Å². The quantitative estimate of drug-likeness (QED) is 0.897. The van der Waals surface area contributed by atoms with E-state index in [9.17, 15) is 4.79 Å². The summed E-state index contributed by atoms with van der Waals surface area (Å²) in [5.41, 5.74) is 1.06. The van der Waals surface area contributed by atoms with Crippen LogP contribution < -0.4 is 14.8 Å². The molecule has 2 aliphatic heterocycles. The van der Waals surface area contributed by atoms with Crippen molar-refractivity contribution in [3.63, 3.8) is 0 Å². The lowest BCUT2D eigenvalue weighted by molar-refractivity contribution is -0.121. The van der Waals surface area contributed by atoms with Crippen LogP contribution in [-0.2, 0) is 30.7 Å². The lowest BCUT2D eigenvalue weighted by Gasteiger charge is -2.06. The molecule has 1 aromatic carbocycles. The second kappa shape index (κ2) is 5.91. The Morgan fingerprint density at radius 3 is 3.13 bits per heavy atom. The third-order valence-electron chi connectivity index (χ3n) is 4.21. The second-order valence-corrected chi connectivity index (χ2v) is 5.75. The molecule has 3 heterocycles. The van der Waals surface area contributed by atoms with Gasteiger partial charge in [-0.25, -0.2) is 0 Å². The fourth-order valence-electron chi connectivity index (χ4n) is 2.96. The van der Waals surface area contributed by atoms with E-state index < -0.39 is 0 Å². The van der Waals surface area contributed by atoms with Crippen LogP contribution in [0.15, 0.2) is 18.2 Å². The van der Waals surface area contributed by atoms with Crippen molar-refractivity contribution in [2.75, 3.05) is 6.79 Å². The molecule has 0 spiro atoms. The summed E-state index contributed by atoms with van der Waals surface area (Å²) in [6.45, 7) is 1.65. The van der Waals surface area contributed by atoms with Crippen molar-refractivity contribution in [2.24, 2.45) is 0 Å². The summed E-state index contributed by atoms with van der Waals surface area (Å²) < 4.78 is 12.7. The Balaban J connectivity index is 1.28. The summed E-state index contributed by atoms with van der Waals surface area (Å²) in [6.07, 6.45) is 3.18. The van der Waals surface area contributed by atoms with Crippen LogP contribution in [0.5, 0.6) is 11.5 Å². The number of ether oxygens (including phenoxy) is 2. The molecule has 7 heteroatoms. The number of carbonyl (C=O) groups excluding carboxylic acids is 1. The summed E-state index contributed by atoms with van der Waals surface area (Å²) in [7, 11) is 0. The van der Waals surface area contributed by atoms with E-state index in [1.807, 2.05) is 18.2 Å². The highest BCUT2D eigenvalue weighted by molar-refractivity contribution is 5.76. The molecule has 0 atom stereocenters. The fraction of sp³-hybridized carbons (Fsp3) is 0.438. The number of aromatic nitrogens is 3. The minimum absolute atomic E-state index is 0.0120. The number of rotatable bonds is 5. The van der Waals surface area contributed by atoms with Crippen LogP contribution in [0.2, 0.25) is 0 Å². The van der Waals surface area contributed by atoms with Crippen molar-refractivity contribution in [1.29, 1.82) is 0 Å². The van der Waals surface area contributed by atoms with E-state index in [4.69, 9.17) is 9.47 Å². The molecule has 4 rings (SSSR count). The molecular formula is C16H18N4O3. The van der Waals surface area contributed by atoms with Crippen LogP contribution in [0.1, 0.15) is 30.1 Å². The van der Waals surface area contributed by atoms with Crippen molar-refractivity contribution in [3.05, 3.63) is 35.4 Å². The van der Waals surface area contributed by atoms with Crippen molar-refractivity contribution >= 4 is 5.91 Å². The highest BCUT2D eigenvalue weighted by Gasteiger charge is 2.17. The Hall–Kier alpha value is -2.57. The van der Waals surface area contributed by atoms with E-state index in [-0.39, 0.29) is 12.7 Å². The first-order valence-corrected chi connectivity index (χ1v) is 7.86. The Morgan fingerprint density at radius 1 is 1.26 bits per heavy atom. The van der Waals surface area contributed by atoms with E-state index in [2.05, 4.69) is 20.1 Å². The largest absolute Gasteiger partial charge is 0.454 e. The van der Waals surface area contributed by atoms with E-state index >= 15 is 0 Å². The summed E-state index contributed by atoms with van der Waals surface area (Å²) in [5, 5.41) is 11.2. The Labute approximate surface area is 133 Å². The van der Waals surface area contributed by atoms with Gasteiger partial charge in [0.1, 0.15) is 5.82 Å². The number of carbonyl (C=O) groups is 1. The van der Waals surface area contributed by atoms with E-state index in [1.54, 1.807) is 0 Å². The number of aryl methyl sites for hydroxylation is 2. The molecule has 0 radical (unpaired) electrons. The third-order valence-corrected chi connectivity index (χ3v) is 4.21. The molecular weight excluding hydrogens is 296 g/mol. The predicted molar refractivity (Wildman–Crippen MR) is 81.1 cm³/mol. The molecule has 23 heavy (non-hydrogen) atoms. The highest BCUT2D eigenvalue weighted by atomic mass is 16.7. The molecule has 120 valence electrons. The number of hydrogen-bond acceptors (Lipinski definition) is 5. The van der Waals surface area contributed by atoms with Gasteiger partial charge in [0.05, 0.1) is 6.54 Å².